The number of hydrogen-bond acceptors (Lipinski definition) is 5. The highest BCUT2D eigenvalue weighted by Gasteiger charge is 2.21. The van der Waals surface area contributed by atoms with Gasteiger partial charge in [-0.3, -0.25) is 5.32 Å². The lowest BCUT2D eigenvalue weighted by Gasteiger charge is -2.12. The van der Waals surface area contributed by atoms with Gasteiger partial charge in [-0.2, -0.15) is 0 Å². The molecule has 2 amide bonds. The third-order valence-electron chi connectivity index (χ3n) is 2.61. The van der Waals surface area contributed by atoms with Crippen molar-refractivity contribution in [2.45, 2.75) is 4.90 Å². The highest BCUT2D eigenvalue weighted by Crippen LogP contribution is 2.36. The molecule has 1 heterocycles. The molecular formula is C13H12ClN3O4S. The Bertz CT molecular complexity index is 810. The van der Waals surface area contributed by atoms with Gasteiger partial charge in [0.1, 0.15) is 10.7 Å². The van der Waals surface area contributed by atoms with Crippen LogP contribution in [-0.2, 0) is 9.84 Å². The Morgan fingerprint density at radius 1 is 1.23 bits per heavy atom. The molecular weight excluding hydrogens is 330 g/mol. The molecule has 0 unspecified atom stereocenters. The van der Waals surface area contributed by atoms with Crippen LogP contribution in [0.2, 0.25) is 5.02 Å². The maximum Gasteiger partial charge on any atom is 0.324 e. The first-order chi connectivity index (χ1) is 10.3. The number of pyridine rings is 1. The molecule has 9 heteroatoms. The van der Waals surface area contributed by atoms with Gasteiger partial charge < -0.3 is 10.4 Å². The van der Waals surface area contributed by atoms with E-state index in [-0.39, 0.29) is 10.7 Å². The van der Waals surface area contributed by atoms with Gasteiger partial charge in [0.25, 0.3) is 0 Å². The van der Waals surface area contributed by atoms with Crippen molar-refractivity contribution >= 4 is 39.0 Å². The molecule has 2 aromatic rings. The summed E-state index contributed by atoms with van der Waals surface area (Å²) in [6.07, 6.45) is 2.41. The average Bonchev–Trinajstić information content (AvgIpc) is 2.42. The normalized spacial score (nSPS) is 11.0. The van der Waals surface area contributed by atoms with Crippen LogP contribution < -0.4 is 10.6 Å². The number of nitrogens with zero attached hydrogens (tertiary/aromatic N) is 1. The molecule has 0 bridgehead atoms. The lowest BCUT2D eigenvalue weighted by molar-refractivity contribution is 0.262. The number of rotatable bonds is 3. The highest BCUT2D eigenvalue weighted by molar-refractivity contribution is 7.91. The third kappa shape index (κ3) is 3.66. The van der Waals surface area contributed by atoms with E-state index >= 15 is 0 Å². The minimum Gasteiger partial charge on any atom is -0.504 e. The molecule has 0 aliphatic heterocycles. The van der Waals surface area contributed by atoms with Gasteiger partial charge in [0.2, 0.25) is 0 Å². The largest absolute Gasteiger partial charge is 0.504 e. The second-order valence-electron chi connectivity index (χ2n) is 4.34. The van der Waals surface area contributed by atoms with Crippen LogP contribution in [-0.4, -0.2) is 30.8 Å². The summed E-state index contributed by atoms with van der Waals surface area (Å²) in [5, 5.41) is 14.6. The lowest BCUT2D eigenvalue weighted by Crippen LogP contribution is -2.20. The molecule has 0 aliphatic carbocycles. The summed E-state index contributed by atoms with van der Waals surface area (Å²) in [6.45, 7) is 0. The van der Waals surface area contributed by atoms with Gasteiger partial charge in [0.05, 0.1) is 10.7 Å². The fourth-order valence-electron chi connectivity index (χ4n) is 1.71. The Kier molecular flexibility index (Phi) is 4.53. The first-order valence-electron chi connectivity index (χ1n) is 5.99. The molecule has 1 aromatic carbocycles. The van der Waals surface area contributed by atoms with Crippen molar-refractivity contribution in [1.82, 2.24) is 4.98 Å². The van der Waals surface area contributed by atoms with Gasteiger partial charge >= 0.3 is 6.03 Å². The molecule has 0 spiro atoms. The SMILES string of the molecule is CS(=O)(=O)c1c(Cl)ccc(NC(=O)Nc2ccccn2)c1O. The molecule has 0 aliphatic rings. The molecule has 1 aromatic heterocycles. The van der Waals surface area contributed by atoms with Crippen molar-refractivity contribution in [3.8, 4) is 5.75 Å². The quantitative estimate of drug-likeness (QED) is 0.743. The number of benzene rings is 1. The second-order valence-corrected chi connectivity index (χ2v) is 6.70. The molecule has 0 atom stereocenters. The van der Waals surface area contributed by atoms with Gasteiger partial charge in [-0.25, -0.2) is 18.2 Å². The number of amides is 2. The van der Waals surface area contributed by atoms with Crippen molar-refractivity contribution in [3.63, 3.8) is 0 Å². The van der Waals surface area contributed by atoms with Crippen molar-refractivity contribution in [3.05, 3.63) is 41.6 Å². The summed E-state index contributed by atoms with van der Waals surface area (Å²) in [4.78, 5) is 15.3. The molecule has 0 radical (unpaired) electrons. The molecule has 0 saturated carbocycles. The van der Waals surface area contributed by atoms with Crippen LogP contribution in [0.15, 0.2) is 41.4 Å². The number of hydrogen-bond donors (Lipinski definition) is 3. The number of sulfone groups is 1. The molecule has 0 fully saturated rings. The predicted octanol–water partition coefficient (Wildman–Crippen LogP) is 2.49. The van der Waals surface area contributed by atoms with Crippen LogP contribution in [0.1, 0.15) is 0 Å². The van der Waals surface area contributed by atoms with Gasteiger partial charge in [-0.05, 0) is 24.3 Å². The van der Waals surface area contributed by atoms with Crippen LogP contribution >= 0.6 is 11.6 Å². The number of anilines is 2. The van der Waals surface area contributed by atoms with Crippen LogP contribution in [0.5, 0.6) is 5.75 Å². The fourth-order valence-corrected chi connectivity index (χ4v) is 3.16. The zero-order valence-corrected chi connectivity index (χ0v) is 12.9. The van der Waals surface area contributed by atoms with Crippen molar-refractivity contribution < 1.29 is 18.3 Å². The number of aromatic nitrogens is 1. The van der Waals surface area contributed by atoms with E-state index in [1.807, 2.05) is 0 Å². The highest BCUT2D eigenvalue weighted by atomic mass is 35.5. The van der Waals surface area contributed by atoms with Crippen LogP contribution in [0.4, 0.5) is 16.3 Å². The van der Waals surface area contributed by atoms with E-state index in [1.54, 1.807) is 18.2 Å². The number of halogens is 1. The Balaban J connectivity index is 2.26. The standard InChI is InChI=1S/C13H12ClN3O4S/c1-22(20,21)12-8(14)5-6-9(11(12)18)16-13(19)17-10-4-2-3-7-15-10/h2-7,18H,1H3,(H2,15,16,17,19). The van der Waals surface area contributed by atoms with E-state index in [1.165, 1.54) is 18.3 Å². The Labute approximate surface area is 131 Å². The molecule has 0 saturated heterocycles. The van der Waals surface area contributed by atoms with E-state index in [2.05, 4.69) is 15.6 Å². The third-order valence-corrected chi connectivity index (χ3v) is 4.19. The number of aromatic hydroxyl groups is 1. The number of carbonyl (C=O) groups is 1. The second kappa shape index (κ2) is 6.20. The zero-order valence-electron chi connectivity index (χ0n) is 11.4. The minimum atomic E-state index is -3.75. The van der Waals surface area contributed by atoms with Crippen LogP contribution in [0.25, 0.3) is 0 Å². The van der Waals surface area contributed by atoms with Crippen LogP contribution in [0, 0.1) is 0 Å². The average molecular weight is 342 g/mol. The van der Waals surface area contributed by atoms with E-state index < -0.39 is 26.5 Å². The summed E-state index contributed by atoms with van der Waals surface area (Å²) >= 11 is 5.77. The Hall–Kier alpha value is -2.32. The number of nitrogens with one attached hydrogen (secondary N) is 2. The molecule has 116 valence electrons. The molecule has 2 rings (SSSR count). The molecule has 3 N–H and O–H groups in total. The van der Waals surface area contributed by atoms with Crippen LogP contribution in [0.3, 0.4) is 0 Å². The number of phenolic OH excluding ortho intramolecular Hbond substituents is 1. The fraction of sp³-hybridized carbons (Fsp3) is 0.0769. The Morgan fingerprint density at radius 2 is 1.95 bits per heavy atom. The van der Waals surface area contributed by atoms with E-state index in [4.69, 9.17) is 11.6 Å². The Morgan fingerprint density at radius 3 is 2.55 bits per heavy atom. The minimum absolute atomic E-state index is 0.0849. The summed E-state index contributed by atoms with van der Waals surface area (Å²) in [5.41, 5.74) is -0.0849. The first kappa shape index (κ1) is 16.1. The van der Waals surface area contributed by atoms with Crippen molar-refractivity contribution in [1.29, 1.82) is 0 Å². The monoisotopic (exact) mass is 341 g/mol. The summed E-state index contributed by atoms with van der Waals surface area (Å²) in [7, 11) is -3.75. The van der Waals surface area contributed by atoms with Gasteiger partial charge in [-0.15, -0.1) is 0 Å². The number of carbonyl (C=O) groups excluding carboxylic acids is 1. The summed E-state index contributed by atoms with van der Waals surface area (Å²) < 4.78 is 23.2. The smallest absolute Gasteiger partial charge is 0.324 e. The van der Waals surface area contributed by atoms with Crippen molar-refractivity contribution in [2.24, 2.45) is 0 Å². The molecule has 7 nitrogen and oxygen atoms in total. The van der Waals surface area contributed by atoms with Gasteiger partial charge in [0.15, 0.2) is 15.6 Å². The maximum atomic E-state index is 11.8. The predicted molar refractivity (Wildman–Crippen MR) is 83.1 cm³/mol. The van der Waals surface area contributed by atoms with Gasteiger partial charge in [0, 0.05) is 12.5 Å². The number of urea groups is 1. The van der Waals surface area contributed by atoms with E-state index in [0.717, 1.165) is 6.26 Å². The first-order valence-corrected chi connectivity index (χ1v) is 8.26. The molecule has 22 heavy (non-hydrogen) atoms. The summed E-state index contributed by atoms with van der Waals surface area (Å²) in [5.74, 6) is -0.317. The number of phenols is 1. The van der Waals surface area contributed by atoms with Crippen molar-refractivity contribution in [2.75, 3.05) is 16.9 Å². The van der Waals surface area contributed by atoms with E-state index in [9.17, 15) is 18.3 Å². The van der Waals surface area contributed by atoms with E-state index in [0.29, 0.717) is 5.82 Å². The maximum absolute atomic E-state index is 11.8. The zero-order chi connectivity index (χ0) is 16.3. The lowest BCUT2D eigenvalue weighted by atomic mass is 10.3. The summed E-state index contributed by atoms with van der Waals surface area (Å²) in [6, 6.07) is 6.83. The van der Waals surface area contributed by atoms with Gasteiger partial charge in [-0.1, -0.05) is 17.7 Å². The topological polar surface area (TPSA) is 108 Å².